The number of rotatable bonds is 1. The molecule has 1 aromatic heterocycles. The van der Waals surface area contributed by atoms with Crippen molar-refractivity contribution in [2.24, 2.45) is 0 Å². The number of nitrogens with zero attached hydrogens (tertiary/aromatic N) is 2. The number of carbonyl (C=O) groups is 1. The molecule has 0 bridgehead atoms. The lowest BCUT2D eigenvalue weighted by atomic mass is 10.1. The quantitative estimate of drug-likeness (QED) is 0.774. The predicted octanol–water partition coefficient (Wildman–Crippen LogP) is 2.17. The topological polar surface area (TPSA) is 42.4 Å². The number of anilines is 1. The molecule has 17 heavy (non-hydrogen) atoms. The molecule has 2 heterocycles. The van der Waals surface area contributed by atoms with Gasteiger partial charge in [-0.3, -0.25) is 4.79 Å². The largest absolute Gasteiger partial charge is 0.482 e. The maximum absolute atomic E-state index is 11.5. The van der Waals surface area contributed by atoms with Crippen LogP contribution in [0, 0.1) is 0 Å². The summed E-state index contributed by atoms with van der Waals surface area (Å²) in [6.07, 6.45) is 0. The van der Waals surface area contributed by atoms with Gasteiger partial charge in [-0.05, 0) is 18.2 Å². The molecule has 1 amide bonds. The minimum atomic E-state index is -0.0343. The number of fused-ring (bicyclic) bond motifs is 1. The van der Waals surface area contributed by atoms with Crippen LogP contribution in [0.2, 0.25) is 0 Å². The Morgan fingerprint density at radius 2 is 2.35 bits per heavy atom. The summed E-state index contributed by atoms with van der Waals surface area (Å²) in [6, 6.07) is 5.77. The van der Waals surface area contributed by atoms with Gasteiger partial charge in [0, 0.05) is 18.0 Å². The number of ether oxygens (including phenoxy) is 1. The van der Waals surface area contributed by atoms with Crippen molar-refractivity contribution in [1.29, 1.82) is 0 Å². The molecule has 0 fully saturated rings. The maximum atomic E-state index is 11.5. The molecular formula is C12H10N2O2S. The number of benzene rings is 1. The fraction of sp³-hybridized carbons (Fsp3) is 0.167. The fourth-order valence-electron chi connectivity index (χ4n) is 1.79. The second-order valence-corrected chi connectivity index (χ2v) is 4.52. The summed E-state index contributed by atoms with van der Waals surface area (Å²) in [4.78, 5) is 17.4. The van der Waals surface area contributed by atoms with Gasteiger partial charge < -0.3 is 9.64 Å². The van der Waals surface area contributed by atoms with Crippen molar-refractivity contribution in [2.75, 3.05) is 18.6 Å². The van der Waals surface area contributed by atoms with Gasteiger partial charge in [0.1, 0.15) is 5.75 Å². The minimum Gasteiger partial charge on any atom is -0.482 e. The highest BCUT2D eigenvalue weighted by Gasteiger charge is 2.22. The van der Waals surface area contributed by atoms with Gasteiger partial charge in [-0.1, -0.05) is 0 Å². The average Bonchev–Trinajstić information content (AvgIpc) is 2.87. The summed E-state index contributed by atoms with van der Waals surface area (Å²) in [7, 11) is 1.76. The third-order valence-corrected chi connectivity index (χ3v) is 3.36. The molecule has 1 aromatic carbocycles. The van der Waals surface area contributed by atoms with Crippen LogP contribution in [0.15, 0.2) is 29.1 Å². The number of hydrogen-bond donors (Lipinski definition) is 0. The molecule has 2 aromatic rings. The van der Waals surface area contributed by atoms with E-state index in [0.717, 1.165) is 22.7 Å². The molecule has 1 aliphatic rings. The van der Waals surface area contributed by atoms with E-state index >= 15 is 0 Å². The molecule has 86 valence electrons. The summed E-state index contributed by atoms with van der Waals surface area (Å²) < 4.78 is 5.37. The lowest BCUT2D eigenvalue weighted by Gasteiger charge is -2.26. The smallest absolute Gasteiger partial charge is 0.264 e. The van der Waals surface area contributed by atoms with E-state index in [1.807, 2.05) is 23.6 Å². The Labute approximate surface area is 102 Å². The van der Waals surface area contributed by atoms with E-state index in [1.165, 1.54) is 0 Å². The SMILES string of the molecule is CN1C(=O)COc2ccc(-c3cscn3)cc21. The van der Waals surface area contributed by atoms with Crippen LogP contribution in [-0.2, 0) is 4.79 Å². The Bertz CT molecular complexity index is 566. The normalized spacial score (nSPS) is 14.4. The van der Waals surface area contributed by atoms with Crippen molar-refractivity contribution in [1.82, 2.24) is 4.98 Å². The van der Waals surface area contributed by atoms with Crippen molar-refractivity contribution >= 4 is 22.9 Å². The number of thiazole rings is 1. The van der Waals surface area contributed by atoms with Crippen molar-refractivity contribution in [3.8, 4) is 17.0 Å². The van der Waals surface area contributed by atoms with Crippen molar-refractivity contribution in [3.05, 3.63) is 29.1 Å². The van der Waals surface area contributed by atoms with Crippen LogP contribution in [0.5, 0.6) is 5.75 Å². The van der Waals surface area contributed by atoms with E-state index in [9.17, 15) is 4.79 Å². The summed E-state index contributed by atoms with van der Waals surface area (Å²) in [6.45, 7) is 0.111. The third kappa shape index (κ3) is 1.68. The molecule has 5 heteroatoms. The third-order valence-electron chi connectivity index (χ3n) is 2.77. The lowest BCUT2D eigenvalue weighted by molar-refractivity contribution is -0.120. The number of aromatic nitrogens is 1. The van der Waals surface area contributed by atoms with E-state index in [1.54, 1.807) is 28.8 Å². The van der Waals surface area contributed by atoms with Crippen molar-refractivity contribution in [2.45, 2.75) is 0 Å². The highest BCUT2D eigenvalue weighted by atomic mass is 32.1. The van der Waals surface area contributed by atoms with E-state index in [2.05, 4.69) is 4.98 Å². The number of amides is 1. The maximum Gasteiger partial charge on any atom is 0.264 e. The standard InChI is InChI=1S/C12H10N2O2S/c1-14-10-4-8(9-6-17-7-13-9)2-3-11(10)16-5-12(14)15/h2-4,6-7H,5H2,1H3. The monoisotopic (exact) mass is 246 g/mol. The molecule has 0 radical (unpaired) electrons. The Balaban J connectivity index is 2.09. The molecule has 4 nitrogen and oxygen atoms in total. The summed E-state index contributed by atoms with van der Waals surface area (Å²) in [5, 5.41) is 1.98. The molecule has 0 saturated heterocycles. The molecule has 1 aliphatic heterocycles. The molecule has 0 atom stereocenters. The summed E-state index contributed by atoms with van der Waals surface area (Å²) >= 11 is 1.55. The molecule has 0 aliphatic carbocycles. The second-order valence-electron chi connectivity index (χ2n) is 3.80. The zero-order valence-electron chi connectivity index (χ0n) is 9.21. The molecular weight excluding hydrogens is 236 g/mol. The average molecular weight is 246 g/mol. The van der Waals surface area contributed by atoms with Crippen molar-refractivity contribution in [3.63, 3.8) is 0 Å². The van der Waals surface area contributed by atoms with Crippen LogP contribution in [-0.4, -0.2) is 24.5 Å². The lowest BCUT2D eigenvalue weighted by Crippen LogP contribution is -2.35. The van der Waals surface area contributed by atoms with Gasteiger partial charge in [0.2, 0.25) is 0 Å². The van der Waals surface area contributed by atoms with Crippen LogP contribution in [0.1, 0.15) is 0 Å². The highest BCUT2D eigenvalue weighted by Crippen LogP contribution is 2.34. The number of likely N-dealkylation sites (N-methyl/N-ethyl adjacent to an activating group) is 1. The first kappa shape index (κ1) is 10.3. The minimum absolute atomic E-state index is 0.0343. The Hall–Kier alpha value is -1.88. The first-order valence-corrected chi connectivity index (χ1v) is 6.12. The Kier molecular flexibility index (Phi) is 2.33. The van der Waals surface area contributed by atoms with Gasteiger partial charge in [0.25, 0.3) is 5.91 Å². The highest BCUT2D eigenvalue weighted by molar-refractivity contribution is 7.07. The van der Waals surface area contributed by atoms with Crippen molar-refractivity contribution < 1.29 is 9.53 Å². The van der Waals surface area contributed by atoms with Crippen LogP contribution in [0.25, 0.3) is 11.3 Å². The van der Waals surface area contributed by atoms with E-state index in [0.29, 0.717) is 0 Å². The summed E-state index contributed by atoms with van der Waals surface area (Å²) in [5.74, 6) is 0.707. The molecule has 0 saturated carbocycles. The Morgan fingerprint density at radius 1 is 1.47 bits per heavy atom. The van der Waals surface area contributed by atoms with Crippen LogP contribution in [0.4, 0.5) is 5.69 Å². The fourth-order valence-corrected chi connectivity index (χ4v) is 2.35. The second kappa shape index (κ2) is 3.85. The van der Waals surface area contributed by atoms with Gasteiger partial charge in [0.05, 0.1) is 16.9 Å². The van der Waals surface area contributed by atoms with Gasteiger partial charge in [-0.25, -0.2) is 4.98 Å². The van der Waals surface area contributed by atoms with Gasteiger partial charge in [0.15, 0.2) is 6.61 Å². The number of hydrogen-bond acceptors (Lipinski definition) is 4. The first-order chi connectivity index (χ1) is 8.25. The molecule has 0 unspecified atom stereocenters. The zero-order valence-corrected chi connectivity index (χ0v) is 10.0. The molecule has 3 rings (SSSR count). The summed E-state index contributed by atoms with van der Waals surface area (Å²) in [5.41, 5.74) is 4.51. The van der Waals surface area contributed by atoms with Crippen LogP contribution in [0.3, 0.4) is 0 Å². The molecule has 0 N–H and O–H groups in total. The van der Waals surface area contributed by atoms with Crippen LogP contribution < -0.4 is 9.64 Å². The predicted molar refractivity (Wildman–Crippen MR) is 66.5 cm³/mol. The first-order valence-electron chi connectivity index (χ1n) is 5.17. The van der Waals surface area contributed by atoms with Crippen LogP contribution >= 0.6 is 11.3 Å². The van der Waals surface area contributed by atoms with Gasteiger partial charge in [-0.2, -0.15) is 0 Å². The Morgan fingerprint density at radius 3 is 3.12 bits per heavy atom. The molecule has 0 spiro atoms. The zero-order chi connectivity index (χ0) is 11.8. The van der Waals surface area contributed by atoms with E-state index < -0.39 is 0 Å². The van der Waals surface area contributed by atoms with Gasteiger partial charge in [-0.15, -0.1) is 11.3 Å². The van der Waals surface area contributed by atoms with E-state index in [-0.39, 0.29) is 12.5 Å². The number of carbonyl (C=O) groups excluding carboxylic acids is 1. The van der Waals surface area contributed by atoms with Gasteiger partial charge >= 0.3 is 0 Å². The van der Waals surface area contributed by atoms with E-state index in [4.69, 9.17) is 4.74 Å².